The molecule has 3 unspecified atom stereocenters. The van der Waals surface area contributed by atoms with Gasteiger partial charge in [0.15, 0.2) is 11.4 Å². The topological polar surface area (TPSA) is 291 Å². The number of nitro benzene ring substituents is 1. The number of hydrogen-bond acceptors (Lipinski definition) is 13. The number of primary amides is 1. The maximum atomic E-state index is 13.8. The van der Waals surface area contributed by atoms with Crippen LogP contribution in [0.5, 0.6) is 5.75 Å². The molecule has 0 saturated heterocycles. The Balaban J connectivity index is 0.000000892. The molecule has 230 valence electrons. The van der Waals surface area contributed by atoms with Crippen molar-refractivity contribution in [3.05, 3.63) is 44.2 Å². The van der Waals surface area contributed by atoms with Gasteiger partial charge in [-0.1, -0.05) is 0 Å². The summed E-state index contributed by atoms with van der Waals surface area (Å²) in [6.07, 6.45) is -0.0558. The highest BCUT2D eigenvalue weighted by Gasteiger charge is 2.64. The number of aliphatic hydroxyl groups is 3. The van der Waals surface area contributed by atoms with Crippen molar-refractivity contribution < 1.29 is 57.3 Å². The fourth-order valence-corrected chi connectivity index (χ4v) is 5.88. The number of carbonyl (C=O) groups excluding carboxylic acids is 3. The zero-order chi connectivity index (χ0) is 32.2. The highest BCUT2D eigenvalue weighted by atomic mass is 32.3. The van der Waals surface area contributed by atoms with Crippen molar-refractivity contribution in [2.45, 2.75) is 44.4 Å². The first-order chi connectivity index (χ1) is 19.1. The number of benzene rings is 1. The van der Waals surface area contributed by atoms with Crippen molar-refractivity contribution in [2.75, 3.05) is 19.4 Å². The average molecular weight is 615 g/mol. The lowest BCUT2D eigenvalue weighted by molar-refractivity contribution is -0.385. The Morgan fingerprint density at radius 1 is 1.21 bits per heavy atom. The van der Waals surface area contributed by atoms with Gasteiger partial charge < -0.3 is 31.5 Å². The van der Waals surface area contributed by atoms with E-state index in [0.717, 1.165) is 6.07 Å². The van der Waals surface area contributed by atoms with Gasteiger partial charge in [-0.05, 0) is 52.3 Å². The van der Waals surface area contributed by atoms with Crippen LogP contribution in [-0.2, 0) is 31.2 Å². The fraction of sp³-hybridized carbons (Fsp3) is 0.458. The number of fused-ring (bicyclic) bond motifs is 3. The van der Waals surface area contributed by atoms with E-state index in [2.05, 4.69) is 5.32 Å². The first-order valence-electron chi connectivity index (χ1n) is 12.3. The number of ketones is 2. The Kier molecular flexibility index (Phi) is 8.45. The van der Waals surface area contributed by atoms with E-state index in [9.17, 15) is 44.9 Å². The lowest BCUT2D eigenvalue weighted by Gasteiger charge is -2.50. The standard InChI is InChI=1S/C24H28N4O9.H2O4S/c1-8(2)26-12-7-13(28(36)37)18(29)15-10(12)5-9-6-11-17(27(3)4)20(31)16(23(25)34)22(33)24(11,35)21(32)14(9)19(15)30;1-5(2,3)4/h7-9,11,17,26,29-30,33,35H,5-6H2,1-4H3,(H2,25,34);(H2,1,2,3,4)/t9?,11?,17-,24?;/m0./s1. The second-order valence-corrected chi connectivity index (χ2v) is 11.5. The third-order valence-corrected chi connectivity index (χ3v) is 7.34. The third kappa shape index (κ3) is 5.41. The van der Waals surface area contributed by atoms with Gasteiger partial charge in [0, 0.05) is 29.3 Å². The maximum Gasteiger partial charge on any atom is 0.394 e. The van der Waals surface area contributed by atoms with Crippen molar-refractivity contribution in [1.29, 1.82) is 0 Å². The summed E-state index contributed by atoms with van der Waals surface area (Å²) >= 11 is 0. The number of Topliss-reactive ketones (excluding diaryl/α,β-unsaturated/α-hetero) is 2. The van der Waals surface area contributed by atoms with E-state index in [1.165, 1.54) is 19.0 Å². The highest BCUT2D eigenvalue weighted by Crippen LogP contribution is 2.54. The van der Waals surface area contributed by atoms with E-state index in [0.29, 0.717) is 5.56 Å². The van der Waals surface area contributed by atoms with Crippen LogP contribution in [0.25, 0.3) is 5.76 Å². The summed E-state index contributed by atoms with van der Waals surface area (Å²) in [6.45, 7) is 3.58. The molecule has 0 spiro atoms. The van der Waals surface area contributed by atoms with Crippen LogP contribution in [0.4, 0.5) is 11.4 Å². The van der Waals surface area contributed by atoms with Crippen LogP contribution in [-0.4, -0.2) is 97.0 Å². The summed E-state index contributed by atoms with van der Waals surface area (Å²) in [5.41, 5.74) is 0.779. The summed E-state index contributed by atoms with van der Waals surface area (Å²) in [4.78, 5) is 51.1. The van der Waals surface area contributed by atoms with Crippen LogP contribution in [0.3, 0.4) is 0 Å². The van der Waals surface area contributed by atoms with Gasteiger partial charge in [0.25, 0.3) is 5.91 Å². The van der Waals surface area contributed by atoms with Crippen LogP contribution in [0, 0.1) is 22.0 Å². The lowest BCUT2D eigenvalue weighted by atomic mass is 9.57. The highest BCUT2D eigenvalue weighted by molar-refractivity contribution is 7.79. The molecule has 4 rings (SSSR count). The molecule has 3 aliphatic rings. The summed E-state index contributed by atoms with van der Waals surface area (Å²) in [5, 5.41) is 59.1. The molecule has 1 aromatic rings. The van der Waals surface area contributed by atoms with Gasteiger partial charge in [0.2, 0.25) is 11.5 Å². The third-order valence-electron chi connectivity index (χ3n) is 7.34. The Morgan fingerprint density at radius 2 is 1.76 bits per heavy atom. The van der Waals surface area contributed by atoms with E-state index >= 15 is 0 Å². The van der Waals surface area contributed by atoms with Gasteiger partial charge in [-0.15, -0.1) is 0 Å². The van der Waals surface area contributed by atoms with Crippen LogP contribution in [0.15, 0.2) is 23.0 Å². The lowest BCUT2D eigenvalue weighted by Crippen LogP contribution is -2.65. The molecule has 3 aliphatic carbocycles. The molecular weight excluding hydrogens is 584 g/mol. The number of phenolic OH excluding ortho intramolecular Hbond substituents is 1. The van der Waals surface area contributed by atoms with Crippen LogP contribution in [0.2, 0.25) is 0 Å². The van der Waals surface area contributed by atoms with Crippen LogP contribution >= 0.6 is 0 Å². The van der Waals surface area contributed by atoms with Crippen molar-refractivity contribution in [1.82, 2.24) is 4.90 Å². The van der Waals surface area contributed by atoms with E-state index in [1.807, 2.05) is 0 Å². The van der Waals surface area contributed by atoms with E-state index in [1.54, 1.807) is 13.8 Å². The minimum Gasteiger partial charge on any atom is -0.508 e. The molecule has 0 aromatic heterocycles. The van der Waals surface area contributed by atoms with Crippen molar-refractivity contribution in [2.24, 2.45) is 17.6 Å². The second kappa shape index (κ2) is 11.0. The summed E-state index contributed by atoms with van der Waals surface area (Å²) < 4.78 is 31.6. The Bertz CT molecular complexity index is 1560. The van der Waals surface area contributed by atoms with Crippen LogP contribution in [0.1, 0.15) is 31.4 Å². The van der Waals surface area contributed by atoms with Crippen molar-refractivity contribution in [3.8, 4) is 5.75 Å². The van der Waals surface area contributed by atoms with Crippen molar-refractivity contribution in [3.63, 3.8) is 0 Å². The number of nitro groups is 1. The molecule has 1 fully saturated rings. The molecule has 17 nitrogen and oxygen atoms in total. The number of rotatable bonds is 5. The van der Waals surface area contributed by atoms with Gasteiger partial charge in [-0.3, -0.25) is 38.5 Å². The molecule has 0 bridgehead atoms. The molecule has 42 heavy (non-hydrogen) atoms. The van der Waals surface area contributed by atoms with Crippen LogP contribution < -0.4 is 11.1 Å². The van der Waals surface area contributed by atoms with Gasteiger partial charge in [0.1, 0.15) is 17.1 Å². The SMILES string of the molecule is CC(C)Nc1cc([N+](=O)[O-])c(O)c2c1CC1CC3[C@H](N(C)C)C(=O)C(C(N)=O)=C(O)C3(O)C(=O)C1=C2O.O=S(=O)(O)O. The average Bonchev–Trinajstić information content (AvgIpc) is 2.81. The number of nitrogens with two attached hydrogens (primary N) is 1. The molecule has 1 saturated carbocycles. The molecule has 18 heteroatoms. The van der Waals surface area contributed by atoms with E-state index in [4.69, 9.17) is 23.3 Å². The Morgan fingerprint density at radius 3 is 2.21 bits per heavy atom. The molecular formula is C24H30N4O13S. The van der Waals surface area contributed by atoms with Gasteiger partial charge in [0.05, 0.1) is 16.5 Å². The zero-order valence-electron chi connectivity index (χ0n) is 22.7. The number of phenols is 1. The smallest absolute Gasteiger partial charge is 0.394 e. The van der Waals surface area contributed by atoms with E-state index < -0.39 is 84.8 Å². The molecule has 1 amide bonds. The number of nitrogens with zero attached hydrogens (tertiary/aromatic N) is 2. The number of aromatic hydroxyl groups is 1. The van der Waals surface area contributed by atoms with Crippen molar-refractivity contribution >= 4 is 45.0 Å². The van der Waals surface area contributed by atoms with Gasteiger partial charge in [-0.2, -0.15) is 8.42 Å². The number of likely N-dealkylation sites (N-methyl/N-ethyl adjacent to an activating group) is 1. The normalized spacial score (nSPS) is 25.4. The summed E-state index contributed by atoms with van der Waals surface area (Å²) in [5.74, 6) is -8.20. The summed E-state index contributed by atoms with van der Waals surface area (Å²) in [7, 11) is -1.65. The number of aliphatic hydroxyl groups excluding tert-OH is 2. The van der Waals surface area contributed by atoms with E-state index in [-0.39, 0.29) is 35.7 Å². The quantitative estimate of drug-likeness (QED) is 0.0714. The fourth-order valence-electron chi connectivity index (χ4n) is 5.88. The molecule has 0 aliphatic heterocycles. The molecule has 0 heterocycles. The number of anilines is 1. The number of hydrogen-bond donors (Lipinski definition) is 8. The zero-order valence-corrected chi connectivity index (χ0v) is 23.5. The predicted molar refractivity (Wildman–Crippen MR) is 144 cm³/mol. The minimum absolute atomic E-state index is 0.0230. The Labute approximate surface area is 238 Å². The maximum absolute atomic E-state index is 13.8. The van der Waals surface area contributed by atoms with Gasteiger partial charge in [-0.25, -0.2) is 0 Å². The summed E-state index contributed by atoms with van der Waals surface area (Å²) in [6, 6.07) is -0.230. The first-order valence-corrected chi connectivity index (χ1v) is 13.7. The first kappa shape index (κ1) is 32.4. The minimum atomic E-state index is -4.67. The predicted octanol–water partition coefficient (Wildman–Crippen LogP) is 0.0397. The molecule has 4 atom stereocenters. The van der Waals surface area contributed by atoms with Gasteiger partial charge >= 0.3 is 16.1 Å². The molecule has 1 aromatic carbocycles. The monoisotopic (exact) mass is 614 g/mol. The second-order valence-electron chi connectivity index (χ2n) is 10.6. The largest absolute Gasteiger partial charge is 0.508 e. The number of carbonyl (C=O) groups is 3. The number of amides is 1. The number of nitrogens with one attached hydrogen (secondary N) is 1. The molecule has 9 N–H and O–H groups in total. The Hall–Kier alpha value is -4.10. The molecule has 0 radical (unpaired) electrons.